The van der Waals surface area contributed by atoms with Crippen molar-refractivity contribution in [1.29, 1.82) is 5.26 Å². The molecule has 0 heterocycles. The lowest BCUT2D eigenvalue weighted by molar-refractivity contribution is -0.112. The number of carbonyl (C=O) groups is 1. The highest BCUT2D eigenvalue weighted by Gasteiger charge is 2.14. The Kier molecular flexibility index (Phi) is 9.53. The number of unbranched alkanes of at least 4 members (excludes halogenated alkanes) is 3. The van der Waals surface area contributed by atoms with Crippen LogP contribution in [0.2, 0.25) is 10.0 Å². The Morgan fingerprint density at radius 2 is 2.00 bits per heavy atom. The largest absolute Gasteiger partial charge is 0.493 e. The lowest BCUT2D eigenvalue weighted by Gasteiger charge is -2.13. The zero-order chi connectivity index (χ0) is 21.9. The molecule has 0 fully saturated rings. The van der Waals surface area contributed by atoms with E-state index in [-0.39, 0.29) is 5.57 Å². The molecule has 0 atom stereocenters. The number of anilines is 1. The molecule has 0 saturated carbocycles. The third-order valence-corrected chi connectivity index (χ3v) is 4.77. The van der Waals surface area contributed by atoms with Gasteiger partial charge in [-0.1, -0.05) is 55.5 Å². The van der Waals surface area contributed by atoms with Gasteiger partial charge in [0.25, 0.3) is 5.91 Å². The summed E-state index contributed by atoms with van der Waals surface area (Å²) < 4.78 is 11.2. The van der Waals surface area contributed by atoms with E-state index in [4.69, 9.17) is 32.7 Å². The lowest BCUT2D eigenvalue weighted by Crippen LogP contribution is -2.13. The maximum absolute atomic E-state index is 12.5. The minimum Gasteiger partial charge on any atom is -0.493 e. The molecule has 0 spiro atoms. The molecule has 2 aromatic carbocycles. The second kappa shape index (κ2) is 12.1. The molecule has 158 valence electrons. The van der Waals surface area contributed by atoms with Crippen molar-refractivity contribution in [2.24, 2.45) is 0 Å². The fraction of sp³-hybridized carbons (Fsp3) is 0.304. The van der Waals surface area contributed by atoms with E-state index in [1.807, 2.05) is 6.07 Å². The van der Waals surface area contributed by atoms with Crippen LogP contribution in [-0.4, -0.2) is 19.6 Å². The molecule has 0 bridgehead atoms. The highest BCUT2D eigenvalue weighted by atomic mass is 35.5. The summed E-state index contributed by atoms with van der Waals surface area (Å²) in [4.78, 5) is 12.5. The first-order valence-corrected chi connectivity index (χ1v) is 10.4. The van der Waals surface area contributed by atoms with Gasteiger partial charge in [0.2, 0.25) is 0 Å². The molecular formula is C23H24Cl2N2O3. The van der Waals surface area contributed by atoms with Crippen LogP contribution in [0.3, 0.4) is 0 Å². The van der Waals surface area contributed by atoms with Crippen molar-refractivity contribution in [2.75, 3.05) is 19.0 Å². The summed E-state index contributed by atoms with van der Waals surface area (Å²) in [5.41, 5.74) is 0.963. The number of hydrogen-bond acceptors (Lipinski definition) is 4. The minimum atomic E-state index is -0.550. The fourth-order valence-electron chi connectivity index (χ4n) is 2.75. The average molecular weight is 447 g/mol. The summed E-state index contributed by atoms with van der Waals surface area (Å²) in [6.07, 6.45) is 5.77. The van der Waals surface area contributed by atoms with E-state index >= 15 is 0 Å². The van der Waals surface area contributed by atoms with Crippen LogP contribution in [0.5, 0.6) is 11.5 Å². The molecule has 0 unspecified atom stereocenters. The van der Waals surface area contributed by atoms with Gasteiger partial charge in [0.1, 0.15) is 11.6 Å². The van der Waals surface area contributed by atoms with Crippen LogP contribution in [-0.2, 0) is 4.79 Å². The highest BCUT2D eigenvalue weighted by Crippen LogP contribution is 2.37. The number of carbonyl (C=O) groups excluding carboxylic acids is 1. The molecule has 0 radical (unpaired) electrons. The number of hydrogen-bond donors (Lipinski definition) is 1. The summed E-state index contributed by atoms with van der Waals surface area (Å²) in [6.45, 7) is 2.69. The van der Waals surface area contributed by atoms with E-state index < -0.39 is 5.91 Å². The standard InChI is InChI=1S/C23H24Cl2N2O3/c1-3-4-5-6-10-30-22-20(25)12-16(13-21(22)29-2)11-17(15-26)23(28)27-19-9-7-8-18(24)14-19/h7-9,11-14H,3-6,10H2,1-2H3,(H,27,28)/b17-11-. The van der Waals surface area contributed by atoms with Gasteiger partial charge in [0.05, 0.1) is 18.7 Å². The Balaban J connectivity index is 2.18. The smallest absolute Gasteiger partial charge is 0.266 e. The van der Waals surface area contributed by atoms with Gasteiger partial charge >= 0.3 is 0 Å². The van der Waals surface area contributed by atoms with Crippen molar-refractivity contribution < 1.29 is 14.3 Å². The number of benzene rings is 2. The molecular weight excluding hydrogens is 423 g/mol. The monoisotopic (exact) mass is 446 g/mol. The number of nitriles is 1. The van der Waals surface area contributed by atoms with Crippen molar-refractivity contribution in [1.82, 2.24) is 0 Å². The van der Waals surface area contributed by atoms with Gasteiger partial charge in [-0.2, -0.15) is 5.26 Å². The molecule has 2 aromatic rings. The molecule has 0 aliphatic carbocycles. The number of halogens is 2. The van der Waals surface area contributed by atoms with E-state index in [2.05, 4.69) is 12.2 Å². The van der Waals surface area contributed by atoms with Gasteiger partial charge in [-0.25, -0.2) is 0 Å². The molecule has 5 nitrogen and oxygen atoms in total. The summed E-state index contributed by atoms with van der Waals surface area (Å²) in [7, 11) is 1.51. The third-order valence-electron chi connectivity index (χ3n) is 4.25. The first-order valence-electron chi connectivity index (χ1n) is 9.67. The van der Waals surface area contributed by atoms with E-state index in [0.717, 1.165) is 25.7 Å². The van der Waals surface area contributed by atoms with Gasteiger partial charge in [-0.3, -0.25) is 4.79 Å². The Labute approximate surface area is 187 Å². The number of nitrogens with one attached hydrogen (secondary N) is 1. The van der Waals surface area contributed by atoms with Crippen LogP contribution in [0.25, 0.3) is 6.08 Å². The van der Waals surface area contributed by atoms with Crippen molar-refractivity contribution in [3.63, 3.8) is 0 Å². The maximum atomic E-state index is 12.5. The van der Waals surface area contributed by atoms with Crippen LogP contribution < -0.4 is 14.8 Å². The third kappa shape index (κ3) is 6.98. The number of ether oxygens (including phenoxy) is 2. The van der Waals surface area contributed by atoms with E-state index in [9.17, 15) is 10.1 Å². The van der Waals surface area contributed by atoms with Crippen LogP contribution in [0.1, 0.15) is 38.2 Å². The Hall–Kier alpha value is -2.68. The van der Waals surface area contributed by atoms with Gasteiger partial charge in [-0.05, 0) is 48.4 Å². The van der Waals surface area contributed by atoms with Gasteiger partial charge in [0, 0.05) is 10.7 Å². The topological polar surface area (TPSA) is 71.3 Å². The molecule has 7 heteroatoms. The van der Waals surface area contributed by atoms with Crippen LogP contribution in [0.4, 0.5) is 5.69 Å². The van der Waals surface area contributed by atoms with Crippen molar-refractivity contribution in [2.45, 2.75) is 32.6 Å². The first kappa shape index (κ1) is 23.6. The van der Waals surface area contributed by atoms with E-state index in [1.165, 1.54) is 13.2 Å². The first-order chi connectivity index (χ1) is 14.5. The predicted molar refractivity (Wildman–Crippen MR) is 121 cm³/mol. The zero-order valence-electron chi connectivity index (χ0n) is 17.0. The zero-order valence-corrected chi connectivity index (χ0v) is 18.5. The van der Waals surface area contributed by atoms with E-state index in [0.29, 0.717) is 39.4 Å². The second-order valence-electron chi connectivity index (χ2n) is 6.58. The molecule has 0 aliphatic rings. The van der Waals surface area contributed by atoms with Crippen molar-refractivity contribution in [3.05, 3.63) is 57.6 Å². The van der Waals surface area contributed by atoms with Crippen molar-refractivity contribution in [3.8, 4) is 17.6 Å². The second-order valence-corrected chi connectivity index (χ2v) is 7.42. The fourth-order valence-corrected chi connectivity index (χ4v) is 3.21. The molecule has 0 aliphatic heterocycles. The number of methoxy groups -OCH3 is 1. The molecule has 0 aromatic heterocycles. The summed E-state index contributed by atoms with van der Waals surface area (Å²) in [6, 6.07) is 11.9. The van der Waals surface area contributed by atoms with Gasteiger partial charge in [-0.15, -0.1) is 0 Å². The molecule has 0 saturated heterocycles. The van der Waals surface area contributed by atoms with Crippen molar-refractivity contribution >= 4 is 40.9 Å². The van der Waals surface area contributed by atoms with Gasteiger partial charge in [0.15, 0.2) is 11.5 Å². The Morgan fingerprint density at radius 1 is 1.20 bits per heavy atom. The van der Waals surface area contributed by atoms with Crippen LogP contribution >= 0.6 is 23.2 Å². The number of nitrogens with zero attached hydrogens (tertiary/aromatic N) is 1. The molecule has 1 N–H and O–H groups in total. The molecule has 1 amide bonds. The number of amides is 1. The Morgan fingerprint density at radius 3 is 2.67 bits per heavy atom. The maximum Gasteiger partial charge on any atom is 0.266 e. The van der Waals surface area contributed by atoms with Crippen LogP contribution in [0.15, 0.2) is 42.0 Å². The predicted octanol–water partition coefficient (Wildman–Crippen LogP) is 6.51. The molecule has 30 heavy (non-hydrogen) atoms. The molecule has 2 rings (SSSR count). The highest BCUT2D eigenvalue weighted by molar-refractivity contribution is 6.32. The quantitative estimate of drug-likeness (QED) is 0.256. The summed E-state index contributed by atoms with van der Waals surface area (Å²) in [5.74, 6) is 0.345. The summed E-state index contributed by atoms with van der Waals surface area (Å²) >= 11 is 12.3. The van der Waals surface area contributed by atoms with Crippen LogP contribution in [0, 0.1) is 11.3 Å². The average Bonchev–Trinajstić information content (AvgIpc) is 2.72. The summed E-state index contributed by atoms with van der Waals surface area (Å²) in [5, 5.41) is 12.9. The van der Waals surface area contributed by atoms with Gasteiger partial charge < -0.3 is 14.8 Å². The van der Waals surface area contributed by atoms with E-state index in [1.54, 1.807) is 36.4 Å². The number of rotatable bonds is 10. The Bertz CT molecular complexity index is 952. The minimum absolute atomic E-state index is 0.0821. The lowest BCUT2D eigenvalue weighted by atomic mass is 10.1. The SMILES string of the molecule is CCCCCCOc1c(Cl)cc(/C=C(/C#N)C(=O)Nc2cccc(Cl)c2)cc1OC. The normalized spacial score (nSPS) is 11.0.